The zero-order valence-electron chi connectivity index (χ0n) is 32.8. The summed E-state index contributed by atoms with van der Waals surface area (Å²) in [5.74, 6) is 1.75. The van der Waals surface area contributed by atoms with Crippen LogP contribution in [0, 0.1) is 62.1 Å². The van der Waals surface area contributed by atoms with Crippen LogP contribution in [0.4, 0.5) is 0 Å². The highest BCUT2D eigenvalue weighted by atomic mass is 16.5. The molecule has 50 heavy (non-hydrogen) atoms. The number of nitrogens with two attached hydrogens (primary N) is 1. The van der Waals surface area contributed by atoms with Crippen molar-refractivity contribution in [3.8, 4) is 0 Å². The molecule has 0 spiro atoms. The molecule has 0 bridgehead atoms. The summed E-state index contributed by atoms with van der Waals surface area (Å²) < 4.78 is 6.28. The maximum atomic E-state index is 13.8. The number of nitrogens with one attached hydrogen (secondary N) is 1. The summed E-state index contributed by atoms with van der Waals surface area (Å²) in [7, 11) is 0. The van der Waals surface area contributed by atoms with Gasteiger partial charge < -0.3 is 20.9 Å². The Bertz CT molecular complexity index is 1370. The van der Waals surface area contributed by atoms with Gasteiger partial charge in [-0.2, -0.15) is 0 Å². The second-order valence-corrected chi connectivity index (χ2v) is 20.8. The van der Waals surface area contributed by atoms with Crippen LogP contribution in [0.5, 0.6) is 0 Å². The molecule has 0 aromatic carbocycles. The van der Waals surface area contributed by atoms with E-state index in [0.29, 0.717) is 36.0 Å². The molecule has 1 unspecified atom stereocenters. The van der Waals surface area contributed by atoms with E-state index in [1.54, 1.807) is 0 Å². The van der Waals surface area contributed by atoms with Crippen LogP contribution in [0.3, 0.4) is 0 Å². The van der Waals surface area contributed by atoms with E-state index in [-0.39, 0.29) is 70.0 Å². The highest BCUT2D eigenvalue weighted by molar-refractivity contribution is 5.77. The Morgan fingerprint density at radius 2 is 1.58 bits per heavy atom. The third-order valence-electron chi connectivity index (χ3n) is 17.1. The van der Waals surface area contributed by atoms with Crippen LogP contribution in [0.2, 0.25) is 0 Å². The van der Waals surface area contributed by atoms with Crippen molar-refractivity contribution in [2.75, 3.05) is 0 Å². The molecule has 4 N–H and O–H groups in total. The van der Waals surface area contributed by atoms with Crippen LogP contribution in [-0.2, 0) is 19.1 Å². The molecule has 6 aliphatic carbocycles. The third kappa shape index (κ3) is 6.19. The monoisotopic (exact) mass is 695 g/mol. The Hall–Kier alpha value is -1.89. The van der Waals surface area contributed by atoms with Gasteiger partial charge in [-0.25, -0.2) is 0 Å². The number of amides is 1. The smallest absolute Gasteiger partial charge is 0.306 e. The van der Waals surface area contributed by atoms with Crippen molar-refractivity contribution >= 4 is 17.8 Å². The van der Waals surface area contributed by atoms with E-state index in [1.807, 2.05) is 13.8 Å². The van der Waals surface area contributed by atoms with Gasteiger partial charge >= 0.3 is 11.9 Å². The Labute approximate surface area is 303 Å². The quantitative estimate of drug-likeness (QED) is 0.164. The van der Waals surface area contributed by atoms with E-state index >= 15 is 0 Å². The summed E-state index contributed by atoms with van der Waals surface area (Å²) in [6, 6.07) is 0.448. The Morgan fingerprint density at radius 3 is 2.22 bits per heavy atom. The van der Waals surface area contributed by atoms with Gasteiger partial charge in [-0.15, -0.1) is 0 Å². The molecule has 0 saturated heterocycles. The van der Waals surface area contributed by atoms with E-state index < -0.39 is 11.4 Å². The lowest BCUT2D eigenvalue weighted by Gasteiger charge is -2.73. The van der Waals surface area contributed by atoms with Crippen LogP contribution in [-0.4, -0.2) is 41.1 Å². The maximum absolute atomic E-state index is 13.8. The molecule has 7 heteroatoms. The molecule has 6 aliphatic rings. The minimum absolute atomic E-state index is 0.0468. The molecule has 0 aliphatic heterocycles. The van der Waals surface area contributed by atoms with Gasteiger partial charge in [0.2, 0.25) is 5.91 Å². The van der Waals surface area contributed by atoms with Crippen molar-refractivity contribution < 1.29 is 24.2 Å². The lowest BCUT2D eigenvalue weighted by Crippen LogP contribution is -2.67. The summed E-state index contributed by atoms with van der Waals surface area (Å²) in [6.45, 7) is 23.0. The first-order valence-electron chi connectivity index (χ1n) is 20.3. The van der Waals surface area contributed by atoms with Crippen molar-refractivity contribution in [2.45, 2.75) is 176 Å². The number of carbonyl (C=O) groups excluding carboxylic acids is 2. The number of ether oxygens (including phenoxy) is 1. The van der Waals surface area contributed by atoms with E-state index in [2.05, 4.69) is 53.4 Å². The number of aliphatic carboxylic acids is 1. The van der Waals surface area contributed by atoms with Crippen LogP contribution < -0.4 is 11.1 Å². The summed E-state index contributed by atoms with van der Waals surface area (Å²) in [4.78, 5) is 38.4. The van der Waals surface area contributed by atoms with Crippen molar-refractivity contribution in [2.24, 2.45) is 67.8 Å². The van der Waals surface area contributed by atoms with Gasteiger partial charge in [0, 0.05) is 23.9 Å². The third-order valence-corrected chi connectivity index (χ3v) is 17.1. The topological polar surface area (TPSA) is 119 Å². The number of fused-ring (bicyclic) bond motifs is 7. The predicted octanol–water partition coefficient (Wildman–Crippen LogP) is 8.83. The van der Waals surface area contributed by atoms with Crippen molar-refractivity contribution in [3.05, 3.63) is 12.2 Å². The molecule has 0 radical (unpaired) electrons. The van der Waals surface area contributed by atoms with Gasteiger partial charge in [0.25, 0.3) is 0 Å². The molecule has 0 heterocycles. The molecule has 1 amide bonds. The summed E-state index contributed by atoms with van der Waals surface area (Å²) in [6.07, 6.45) is 14.8. The molecule has 7 nitrogen and oxygen atoms in total. The highest BCUT2D eigenvalue weighted by Gasteiger charge is 2.71. The number of esters is 1. The van der Waals surface area contributed by atoms with Gasteiger partial charge in [-0.05, 0) is 147 Å². The predicted molar refractivity (Wildman–Crippen MR) is 198 cm³/mol. The molecule has 0 aromatic heterocycles. The first-order valence-corrected chi connectivity index (χ1v) is 20.3. The second kappa shape index (κ2) is 12.9. The summed E-state index contributed by atoms with van der Waals surface area (Å²) in [5, 5.41) is 12.8. The van der Waals surface area contributed by atoms with Crippen LogP contribution in [0.1, 0.15) is 158 Å². The van der Waals surface area contributed by atoms with Crippen LogP contribution >= 0.6 is 0 Å². The molecule has 6 fully saturated rings. The van der Waals surface area contributed by atoms with Crippen LogP contribution in [0.15, 0.2) is 12.2 Å². The van der Waals surface area contributed by atoms with Gasteiger partial charge in [0.05, 0.1) is 12.8 Å². The zero-order valence-corrected chi connectivity index (χ0v) is 32.8. The van der Waals surface area contributed by atoms with Gasteiger partial charge in [-0.1, -0.05) is 60.6 Å². The number of carboxylic acids is 1. The Morgan fingerprint density at radius 1 is 0.860 bits per heavy atom. The fourth-order valence-corrected chi connectivity index (χ4v) is 14.6. The average molecular weight is 695 g/mol. The van der Waals surface area contributed by atoms with Crippen molar-refractivity contribution in [1.29, 1.82) is 0 Å². The summed E-state index contributed by atoms with van der Waals surface area (Å²) in [5.41, 5.74) is 7.35. The van der Waals surface area contributed by atoms with E-state index in [0.717, 1.165) is 57.8 Å². The summed E-state index contributed by atoms with van der Waals surface area (Å²) >= 11 is 0. The lowest BCUT2D eigenvalue weighted by atomic mass is 9.32. The van der Waals surface area contributed by atoms with Gasteiger partial charge in [0.15, 0.2) is 0 Å². The highest BCUT2D eigenvalue weighted by Crippen LogP contribution is 2.78. The number of carboxylic acid groups (broad SMARTS) is 1. The molecule has 282 valence electrons. The maximum Gasteiger partial charge on any atom is 0.306 e. The molecule has 6 saturated carbocycles. The number of hydrogen-bond acceptors (Lipinski definition) is 5. The molecule has 0 aromatic rings. The first kappa shape index (κ1) is 37.9. The van der Waals surface area contributed by atoms with E-state index in [1.165, 1.54) is 31.3 Å². The minimum atomic E-state index is -0.882. The number of allylic oxidation sites excluding steroid dienone is 1. The molecular formula is C43H70N2O5. The standard InChI is InChI=1S/C43H70N2O5/c1-26(2)29-14-19-43(23-34(46)45-28-11-10-27(44)22-28)21-20-41(8)30(37(29)43)12-13-32-40(7)17-16-33(39(5,6)31(40)15-18-42(32,41)9)50-36(49)25-38(3,4)24-35(47)48/h27-33,37H,1,10-25,44H2,2-9H3,(H,45,46)(H,47,48)/t27-,28?,29-,30+,31-,32+,33-,37+,40-,41+,42+,43+/m0/s1. The zero-order chi connectivity index (χ0) is 36.7. The molecule has 12 atom stereocenters. The SMILES string of the molecule is C=C(C)[C@@H]1CC[C@]2(CC(=O)NC3CC[C@H](N)C3)CC[C@]3(C)[C@H](CC[C@@H]4[C@@]5(C)CC[C@H](OC(=O)CC(C)(C)CC(=O)O)C(C)(C)[C@@H]5CC[C@]43C)[C@@H]12. The van der Waals surface area contributed by atoms with Gasteiger partial charge in [-0.3, -0.25) is 14.4 Å². The Kier molecular flexibility index (Phi) is 9.77. The Balaban J connectivity index is 1.22. The van der Waals surface area contributed by atoms with Crippen molar-refractivity contribution in [3.63, 3.8) is 0 Å². The van der Waals surface area contributed by atoms with Crippen LogP contribution in [0.25, 0.3) is 0 Å². The normalized spacial score (nSPS) is 45.0. The number of carbonyl (C=O) groups is 3. The lowest BCUT2D eigenvalue weighted by molar-refractivity contribution is -0.250. The second-order valence-electron chi connectivity index (χ2n) is 20.8. The first-order chi connectivity index (χ1) is 23.2. The minimum Gasteiger partial charge on any atom is -0.481 e. The van der Waals surface area contributed by atoms with E-state index in [4.69, 9.17) is 10.5 Å². The largest absolute Gasteiger partial charge is 0.481 e. The van der Waals surface area contributed by atoms with Crippen molar-refractivity contribution in [1.82, 2.24) is 5.32 Å². The molecular weight excluding hydrogens is 624 g/mol. The molecule has 6 rings (SSSR count). The van der Waals surface area contributed by atoms with Gasteiger partial charge in [0.1, 0.15) is 6.10 Å². The fourth-order valence-electron chi connectivity index (χ4n) is 14.6. The van der Waals surface area contributed by atoms with E-state index in [9.17, 15) is 19.5 Å². The number of rotatable bonds is 9. The fraction of sp³-hybridized carbons (Fsp3) is 0.884. The average Bonchev–Trinajstić information content (AvgIpc) is 3.57. The number of hydrogen-bond donors (Lipinski definition) is 3.